The lowest BCUT2D eigenvalue weighted by Gasteiger charge is -2.33. The van der Waals surface area contributed by atoms with Gasteiger partial charge in [-0.1, -0.05) is 19.3 Å². The second-order valence-electron chi connectivity index (χ2n) is 5.83. The van der Waals surface area contributed by atoms with Crippen molar-refractivity contribution in [3.05, 3.63) is 0 Å². The van der Waals surface area contributed by atoms with Gasteiger partial charge in [0.25, 0.3) is 0 Å². The summed E-state index contributed by atoms with van der Waals surface area (Å²) in [4.78, 5) is 2.35. The maximum Gasteiger partial charge on any atom is 0.108 e. The Balaban J connectivity index is 1.95. The number of hydrogen-bond acceptors (Lipinski definition) is 3. The van der Waals surface area contributed by atoms with Crippen molar-refractivity contribution in [3.63, 3.8) is 0 Å². The fraction of sp³-hybridized carbons (Fsp3) is 0.929. The van der Waals surface area contributed by atoms with E-state index < -0.39 is 0 Å². The zero-order valence-electron chi connectivity index (χ0n) is 11.0. The average molecular weight is 235 g/mol. The van der Waals surface area contributed by atoms with E-state index in [2.05, 4.69) is 23.3 Å². The SMILES string of the molecule is CN1CCCC(C#N)(NC2CCCCC2)CC1. The van der Waals surface area contributed by atoms with E-state index >= 15 is 0 Å². The predicted octanol–water partition coefficient (Wildman–Crippen LogP) is 2.29. The number of hydrogen-bond donors (Lipinski definition) is 1. The molecule has 3 nitrogen and oxygen atoms in total. The Morgan fingerprint density at radius 1 is 1.12 bits per heavy atom. The molecule has 1 N–H and O–H groups in total. The normalized spacial score (nSPS) is 32.9. The molecule has 1 aliphatic heterocycles. The molecule has 0 amide bonds. The van der Waals surface area contributed by atoms with Crippen molar-refractivity contribution in [2.45, 2.75) is 62.9 Å². The lowest BCUT2D eigenvalue weighted by molar-refractivity contribution is 0.268. The molecular formula is C14H25N3. The molecule has 0 bridgehead atoms. The Hall–Kier alpha value is -0.590. The first-order chi connectivity index (χ1) is 8.24. The second kappa shape index (κ2) is 5.84. The van der Waals surface area contributed by atoms with Gasteiger partial charge in [0, 0.05) is 12.6 Å². The zero-order chi connectivity index (χ0) is 12.1. The van der Waals surface area contributed by atoms with Gasteiger partial charge < -0.3 is 4.90 Å². The number of rotatable bonds is 2. The van der Waals surface area contributed by atoms with E-state index in [1.165, 1.54) is 32.1 Å². The number of likely N-dealkylation sites (tertiary alicyclic amines) is 1. The average Bonchev–Trinajstić information content (AvgIpc) is 2.54. The van der Waals surface area contributed by atoms with Gasteiger partial charge in [-0.15, -0.1) is 0 Å². The van der Waals surface area contributed by atoms with Gasteiger partial charge in [-0.05, 0) is 45.7 Å². The summed E-state index contributed by atoms with van der Waals surface area (Å²) in [7, 11) is 2.16. The van der Waals surface area contributed by atoms with Crippen LogP contribution < -0.4 is 5.32 Å². The van der Waals surface area contributed by atoms with E-state index in [9.17, 15) is 5.26 Å². The standard InChI is InChI=1S/C14H25N3/c1-17-10-5-8-14(12-15,9-11-17)16-13-6-3-2-4-7-13/h13,16H,2-11H2,1H3. The monoisotopic (exact) mass is 235 g/mol. The smallest absolute Gasteiger partial charge is 0.108 e. The third kappa shape index (κ3) is 3.43. The lowest BCUT2D eigenvalue weighted by atomic mass is 9.87. The van der Waals surface area contributed by atoms with Gasteiger partial charge in [0.05, 0.1) is 6.07 Å². The molecule has 1 saturated carbocycles. The molecule has 1 unspecified atom stereocenters. The van der Waals surface area contributed by atoms with Crippen LogP contribution in [0.1, 0.15) is 51.4 Å². The van der Waals surface area contributed by atoms with Crippen molar-refractivity contribution < 1.29 is 0 Å². The van der Waals surface area contributed by atoms with Crippen molar-refractivity contribution in [1.29, 1.82) is 5.26 Å². The third-order valence-electron chi connectivity index (χ3n) is 4.36. The quantitative estimate of drug-likeness (QED) is 0.798. The molecule has 1 saturated heterocycles. The molecule has 1 aliphatic carbocycles. The zero-order valence-corrected chi connectivity index (χ0v) is 11.0. The van der Waals surface area contributed by atoms with Crippen LogP contribution in [0.2, 0.25) is 0 Å². The maximum atomic E-state index is 9.55. The van der Waals surface area contributed by atoms with Crippen LogP contribution in [0.25, 0.3) is 0 Å². The summed E-state index contributed by atoms with van der Waals surface area (Å²) < 4.78 is 0. The molecular weight excluding hydrogens is 210 g/mol. The van der Waals surface area contributed by atoms with Crippen LogP contribution in [0.3, 0.4) is 0 Å². The van der Waals surface area contributed by atoms with Crippen LogP contribution in [0, 0.1) is 11.3 Å². The molecule has 0 radical (unpaired) electrons. The highest BCUT2D eigenvalue weighted by Gasteiger charge is 2.34. The first-order valence-electron chi connectivity index (χ1n) is 7.12. The van der Waals surface area contributed by atoms with Gasteiger partial charge >= 0.3 is 0 Å². The molecule has 0 aromatic heterocycles. The Labute approximate surface area is 105 Å². The fourth-order valence-electron chi connectivity index (χ4n) is 3.20. The van der Waals surface area contributed by atoms with Crippen molar-refractivity contribution in [1.82, 2.24) is 10.2 Å². The van der Waals surface area contributed by atoms with Crippen molar-refractivity contribution in [3.8, 4) is 6.07 Å². The van der Waals surface area contributed by atoms with Crippen LogP contribution in [0.15, 0.2) is 0 Å². The summed E-state index contributed by atoms with van der Waals surface area (Å²) >= 11 is 0. The van der Waals surface area contributed by atoms with Gasteiger partial charge in [-0.3, -0.25) is 5.32 Å². The second-order valence-corrected chi connectivity index (χ2v) is 5.83. The number of nitriles is 1. The van der Waals surface area contributed by atoms with Gasteiger partial charge in [-0.25, -0.2) is 0 Å². The van der Waals surface area contributed by atoms with Crippen molar-refractivity contribution in [2.24, 2.45) is 0 Å². The summed E-state index contributed by atoms with van der Waals surface area (Å²) in [6.07, 6.45) is 9.71. The summed E-state index contributed by atoms with van der Waals surface area (Å²) in [5.74, 6) is 0. The predicted molar refractivity (Wildman–Crippen MR) is 69.7 cm³/mol. The summed E-state index contributed by atoms with van der Waals surface area (Å²) in [6.45, 7) is 2.18. The van der Waals surface area contributed by atoms with E-state index in [0.29, 0.717) is 6.04 Å². The molecule has 1 heterocycles. The van der Waals surface area contributed by atoms with E-state index in [1.54, 1.807) is 0 Å². The lowest BCUT2D eigenvalue weighted by Crippen LogP contribution is -2.50. The Bertz CT molecular complexity index is 278. The summed E-state index contributed by atoms with van der Waals surface area (Å²) in [5.41, 5.74) is -0.243. The summed E-state index contributed by atoms with van der Waals surface area (Å²) in [6, 6.07) is 3.18. The van der Waals surface area contributed by atoms with E-state index in [-0.39, 0.29) is 5.54 Å². The molecule has 0 aromatic rings. The highest BCUT2D eigenvalue weighted by molar-refractivity contribution is 5.09. The molecule has 17 heavy (non-hydrogen) atoms. The minimum Gasteiger partial charge on any atom is -0.306 e. The molecule has 2 aliphatic rings. The molecule has 0 aromatic carbocycles. The molecule has 96 valence electrons. The van der Waals surface area contributed by atoms with Gasteiger partial charge in [0.2, 0.25) is 0 Å². The van der Waals surface area contributed by atoms with E-state index in [1.807, 2.05) is 0 Å². The van der Waals surface area contributed by atoms with E-state index in [4.69, 9.17) is 0 Å². The van der Waals surface area contributed by atoms with Gasteiger partial charge in [-0.2, -0.15) is 5.26 Å². The van der Waals surface area contributed by atoms with Crippen LogP contribution in [0.4, 0.5) is 0 Å². The van der Waals surface area contributed by atoms with E-state index in [0.717, 1.165) is 32.4 Å². The van der Waals surface area contributed by atoms with Gasteiger partial charge in [0.15, 0.2) is 0 Å². The first kappa shape index (κ1) is 12.9. The first-order valence-corrected chi connectivity index (χ1v) is 7.12. The van der Waals surface area contributed by atoms with Crippen LogP contribution in [-0.4, -0.2) is 36.6 Å². The number of nitrogens with one attached hydrogen (secondary N) is 1. The maximum absolute atomic E-state index is 9.55. The molecule has 3 heteroatoms. The van der Waals surface area contributed by atoms with Crippen LogP contribution in [0.5, 0.6) is 0 Å². The van der Waals surface area contributed by atoms with Crippen LogP contribution >= 0.6 is 0 Å². The Morgan fingerprint density at radius 3 is 2.59 bits per heavy atom. The highest BCUT2D eigenvalue weighted by atomic mass is 15.1. The molecule has 2 rings (SSSR count). The third-order valence-corrected chi connectivity index (χ3v) is 4.36. The topological polar surface area (TPSA) is 39.1 Å². The van der Waals surface area contributed by atoms with Gasteiger partial charge in [0.1, 0.15) is 5.54 Å². The Kier molecular flexibility index (Phi) is 4.42. The van der Waals surface area contributed by atoms with Crippen molar-refractivity contribution >= 4 is 0 Å². The minimum absolute atomic E-state index is 0.243. The summed E-state index contributed by atoms with van der Waals surface area (Å²) in [5, 5.41) is 13.2. The number of nitrogens with zero attached hydrogens (tertiary/aromatic N) is 2. The Morgan fingerprint density at radius 2 is 1.88 bits per heavy atom. The van der Waals surface area contributed by atoms with Crippen LogP contribution in [-0.2, 0) is 0 Å². The van der Waals surface area contributed by atoms with Crippen molar-refractivity contribution in [2.75, 3.05) is 20.1 Å². The molecule has 1 atom stereocenters. The largest absolute Gasteiger partial charge is 0.306 e. The molecule has 0 spiro atoms. The highest BCUT2D eigenvalue weighted by Crippen LogP contribution is 2.26. The fourth-order valence-corrected chi connectivity index (χ4v) is 3.20. The molecule has 2 fully saturated rings. The minimum atomic E-state index is -0.243.